The van der Waals surface area contributed by atoms with Crippen molar-refractivity contribution in [2.24, 2.45) is 7.05 Å². The number of fused-ring (bicyclic) bond motifs is 1. The molecule has 1 saturated heterocycles. The van der Waals surface area contributed by atoms with Gasteiger partial charge in [-0.3, -0.25) is 19.5 Å². The Kier molecular flexibility index (Phi) is 4.65. The van der Waals surface area contributed by atoms with Crippen molar-refractivity contribution in [3.8, 4) is 11.3 Å². The van der Waals surface area contributed by atoms with Crippen molar-refractivity contribution in [2.75, 3.05) is 20.1 Å². The van der Waals surface area contributed by atoms with Crippen LogP contribution in [0.25, 0.3) is 22.2 Å². The molecule has 1 N–H and O–H groups in total. The molecule has 3 aromatic rings. The third kappa shape index (κ3) is 3.45. The van der Waals surface area contributed by atoms with Gasteiger partial charge in [0.15, 0.2) is 5.82 Å². The van der Waals surface area contributed by atoms with Crippen LogP contribution < -0.4 is 5.32 Å². The number of hydrogen-bond acceptors (Lipinski definition) is 5. The molecule has 0 bridgehead atoms. The van der Waals surface area contributed by atoms with Crippen molar-refractivity contribution >= 4 is 10.9 Å². The summed E-state index contributed by atoms with van der Waals surface area (Å²) in [4.78, 5) is 11.4. The molecule has 0 amide bonds. The van der Waals surface area contributed by atoms with E-state index in [0.29, 0.717) is 22.8 Å². The van der Waals surface area contributed by atoms with Gasteiger partial charge < -0.3 is 5.32 Å². The van der Waals surface area contributed by atoms with E-state index in [1.165, 1.54) is 6.07 Å². The number of hydrogen-bond donors (Lipinski definition) is 1. The third-order valence-electron chi connectivity index (χ3n) is 5.02. The van der Waals surface area contributed by atoms with Crippen LogP contribution in [0.15, 0.2) is 30.7 Å². The summed E-state index contributed by atoms with van der Waals surface area (Å²) in [6.45, 7) is 2.91. The highest BCUT2D eigenvalue weighted by atomic mass is 19.1. The fourth-order valence-electron chi connectivity index (χ4n) is 3.58. The molecule has 1 fully saturated rings. The second kappa shape index (κ2) is 7.09. The molecule has 2 aromatic heterocycles. The van der Waals surface area contributed by atoms with Gasteiger partial charge in [0.25, 0.3) is 0 Å². The minimum absolute atomic E-state index is 0.338. The van der Waals surface area contributed by atoms with Gasteiger partial charge in [0, 0.05) is 36.8 Å². The van der Waals surface area contributed by atoms with Crippen molar-refractivity contribution in [3.05, 3.63) is 42.2 Å². The number of benzene rings is 1. The summed E-state index contributed by atoms with van der Waals surface area (Å²) in [5.41, 5.74) is 2.69. The quantitative estimate of drug-likeness (QED) is 0.779. The van der Waals surface area contributed by atoms with E-state index >= 15 is 0 Å². The molecule has 1 aromatic carbocycles. The van der Waals surface area contributed by atoms with Gasteiger partial charge in [0.2, 0.25) is 0 Å². The summed E-state index contributed by atoms with van der Waals surface area (Å²) in [7, 11) is 3.92. The maximum Gasteiger partial charge on any atom is 0.151 e. The zero-order valence-electron chi connectivity index (χ0n) is 15.1. The topological polar surface area (TPSA) is 58.9 Å². The SMILES string of the molecule is CN(Cc1cnc(-c2cc(F)c3nn(C)cc3c2)cn1)C1CCNCC1. The summed E-state index contributed by atoms with van der Waals surface area (Å²) in [5.74, 6) is -0.338. The van der Waals surface area contributed by atoms with E-state index < -0.39 is 0 Å². The molecule has 7 heteroatoms. The Morgan fingerprint density at radius 1 is 1.23 bits per heavy atom. The van der Waals surface area contributed by atoms with Gasteiger partial charge in [0.1, 0.15) is 5.52 Å². The smallest absolute Gasteiger partial charge is 0.151 e. The molecule has 3 heterocycles. The molecule has 136 valence electrons. The van der Waals surface area contributed by atoms with Gasteiger partial charge in [-0.15, -0.1) is 0 Å². The van der Waals surface area contributed by atoms with E-state index in [1.54, 1.807) is 30.3 Å². The number of nitrogens with zero attached hydrogens (tertiary/aromatic N) is 5. The summed E-state index contributed by atoms with van der Waals surface area (Å²) < 4.78 is 15.9. The van der Waals surface area contributed by atoms with Crippen LogP contribution in [0, 0.1) is 5.82 Å². The lowest BCUT2D eigenvalue weighted by atomic mass is 10.1. The number of aryl methyl sites for hydroxylation is 1. The van der Waals surface area contributed by atoms with Crippen molar-refractivity contribution in [1.29, 1.82) is 0 Å². The average Bonchev–Trinajstić information content (AvgIpc) is 3.04. The summed E-state index contributed by atoms with van der Waals surface area (Å²) in [5, 5.41) is 8.28. The lowest BCUT2D eigenvalue weighted by Crippen LogP contribution is -2.40. The Hall–Kier alpha value is -2.38. The highest BCUT2D eigenvalue weighted by Crippen LogP contribution is 2.25. The van der Waals surface area contributed by atoms with Crippen LogP contribution in [-0.4, -0.2) is 50.8 Å². The summed E-state index contributed by atoms with van der Waals surface area (Å²) in [6.07, 6.45) is 7.64. The highest BCUT2D eigenvalue weighted by molar-refractivity contribution is 5.84. The average molecular weight is 354 g/mol. The predicted molar refractivity (Wildman–Crippen MR) is 99.1 cm³/mol. The van der Waals surface area contributed by atoms with E-state index in [2.05, 4.69) is 32.3 Å². The van der Waals surface area contributed by atoms with Crippen LogP contribution in [0.1, 0.15) is 18.5 Å². The Labute approximate surface area is 152 Å². The van der Waals surface area contributed by atoms with Gasteiger partial charge in [-0.25, -0.2) is 4.39 Å². The number of rotatable bonds is 4. The Balaban J connectivity index is 1.52. The van der Waals surface area contributed by atoms with E-state index in [1.807, 2.05) is 6.07 Å². The van der Waals surface area contributed by atoms with E-state index in [4.69, 9.17) is 0 Å². The summed E-state index contributed by atoms with van der Waals surface area (Å²) in [6, 6.07) is 3.95. The van der Waals surface area contributed by atoms with E-state index in [9.17, 15) is 4.39 Å². The van der Waals surface area contributed by atoms with Gasteiger partial charge in [-0.1, -0.05) is 0 Å². The molecule has 26 heavy (non-hydrogen) atoms. The number of aromatic nitrogens is 4. The molecule has 1 aliphatic heterocycles. The lowest BCUT2D eigenvalue weighted by Gasteiger charge is -2.31. The fraction of sp³-hybridized carbons (Fsp3) is 0.421. The van der Waals surface area contributed by atoms with Gasteiger partial charge >= 0.3 is 0 Å². The predicted octanol–water partition coefficient (Wildman–Crippen LogP) is 2.35. The molecule has 4 rings (SSSR count). The number of piperidine rings is 1. The molecule has 0 unspecified atom stereocenters. The largest absolute Gasteiger partial charge is 0.317 e. The van der Waals surface area contributed by atoms with Crippen LogP contribution in [-0.2, 0) is 13.6 Å². The monoisotopic (exact) mass is 354 g/mol. The molecule has 6 nitrogen and oxygen atoms in total. The first-order valence-corrected chi connectivity index (χ1v) is 8.95. The molecular formula is C19H23FN6. The van der Waals surface area contributed by atoms with Crippen LogP contribution in [0.3, 0.4) is 0 Å². The van der Waals surface area contributed by atoms with Crippen molar-refractivity contribution in [1.82, 2.24) is 30.0 Å². The van der Waals surface area contributed by atoms with Crippen LogP contribution in [0.5, 0.6) is 0 Å². The maximum absolute atomic E-state index is 14.3. The first kappa shape index (κ1) is 17.1. The van der Waals surface area contributed by atoms with Crippen LogP contribution >= 0.6 is 0 Å². The molecule has 0 saturated carbocycles. The Morgan fingerprint density at radius 2 is 2.04 bits per heavy atom. The van der Waals surface area contributed by atoms with Crippen molar-refractivity contribution in [2.45, 2.75) is 25.4 Å². The Bertz CT molecular complexity index is 898. The highest BCUT2D eigenvalue weighted by Gasteiger charge is 2.18. The Morgan fingerprint density at radius 3 is 2.77 bits per heavy atom. The first-order valence-electron chi connectivity index (χ1n) is 8.95. The first-order chi connectivity index (χ1) is 12.6. The second-order valence-electron chi connectivity index (χ2n) is 6.99. The number of halogens is 1. The molecule has 0 atom stereocenters. The standard InChI is InChI=1S/C19H23FN6/c1-25(16-3-5-21-6-4-16)12-15-9-23-18(10-22-15)13-7-14-11-26(2)24-19(14)17(20)8-13/h7-11,16,21H,3-6,12H2,1-2H3. The molecule has 0 aliphatic carbocycles. The van der Waals surface area contributed by atoms with Gasteiger partial charge in [-0.2, -0.15) is 5.10 Å². The summed E-state index contributed by atoms with van der Waals surface area (Å²) >= 11 is 0. The van der Waals surface area contributed by atoms with Crippen LogP contribution in [0.4, 0.5) is 4.39 Å². The molecule has 1 aliphatic rings. The fourth-order valence-corrected chi connectivity index (χ4v) is 3.58. The van der Waals surface area contributed by atoms with Gasteiger partial charge in [-0.05, 0) is 45.1 Å². The molecule has 0 radical (unpaired) electrons. The van der Waals surface area contributed by atoms with E-state index in [0.717, 1.165) is 43.6 Å². The molecular weight excluding hydrogens is 331 g/mol. The van der Waals surface area contributed by atoms with Crippen LogP contribution in [0.2, 0.25) is 0 Å². The minimum atomic E-state index is -0.338. The zero-order valence-corrected chi connectivity index (χ0v) is 15.1. The third-order valence-corrected chi connectivity index (χ3v) is 5.02. The van der Waals surface area contributed by atoms with E-state index in [-0.39, 0.29) is 5.82 Å². The second-order valence-corrected chi connectivity index (χ2v) is 6.99. The van der Waals surface area contributed by atoms with Crippen molar-refractivity contribution < 1.29 is 4.39 Å². The lowest BCUT2D eigenvalue weighted by molar-refractivity contribution is 0.189. The minimum Gasteiger partial charge on any atom is -0.317 e. The van der Waals surface area contributed by atoms with Crippen molar-refractivity contribution in [3.63, 3.8) is 0 Å². The molecule has 0 spiro atoms. The normalized spacial score (nSPS) is 15.8. The van der Waals surface area contributed by atoms with Gasteiger partial charge in [0.05, 0.1) is 23.8 Å². The zero-order chi connectivity index (χ0) is 18.1. The maximum atomic E-state index is 14.3. The number of nitrogens with one attached hydrogen (secondary N) is 1.